The van der Waals surface area contributed by atoms with Gasteiger partial charge in [0, 0.05) is 10.5 Å². The van der Waals surface area contributed by atoms with Crippen LogP contribution < -0.4 is 0 Å². The lowest BCUT2D eigenvalue weighted by atomic mass is 10.1. The van der Waals surface area contributed by atoms with Gasteiger partial charge in [0.25, 0.3) is 0 Å². The summed E-state index contributed by atoms with van der Waals surface area (Å²) in [5.41, 5.74) is 0. The Kier molecular flexibility index (Phi) is 3.57. The van der Waals surface area contributed by atoms with Gasteiger partial charge in [-0.2, -0.15) is 0 Å². The van der Waals surface area contributed by atoms with Gasteiger partial charge >= 0.3 is 0 Å². The van der Waals surface area contributed by atoms with E-state index in [0.717, 1.165) is 19.0 Å². The molecular weight excluding hydrogens is 240 g/mol. The van der Waals surface area contributed by atoms with Crippen LogP contribution in [-0.2, 0) is 9.47 Å². The van der Waals surface area contributed by atoms with Crippen molar-refractivity contribution in [1.29, 1.82) is 0 Å². The summed E-state index contributed by atoms with van der Waals surface area (Å²) in [5.74, 6) is 1.15. The van der Waals surface area contributed by atoms with Gasteiger partial charge in [-0.25, -0.2) is 0 Å². The van der Waals surface area contributed by atoms with E-state index < -0.39 is 0 Å². The molecule has 0 aromatic heterocycles. The average molecular weight is 262 g/mol. The molecule has 3 atom stereocenters. The van der Waals surface area contributed by atoms with E-state index in [-0.39, 0.29) is 9.87 Å². The molecule has 2 saturated heterocycles. The summed E-state index contributed by atoms with van der Waals surface area (Å²) in [5, 5.41) is 0. The third kappa shape index (κ3) is 3.56. The molecule has 16 heavy (non-hydrogen) atoms. The zero-order valence-electron chi connectivity index (χ0n) is 10.7. The maximum atomic E-state index is 5.51. The maximum Gasteiger partial charge on any atom is 0.134 e. The fourth-order valence-electron chi connectivity index (χ4n) is 1.85. The summed E-state index contributed by atoms with van der Waals surface area (Å²) in [4.78, 5) is 0.205. The van der Waals surface area contributed by atoms with Crippen molar-refractivity contribution in [1.82, 2.24) is 0 Å². The zero-order chi connectivity index (χ0) is 11.9. The number of hydrogen-bond acceptors (Lipinski definition) is 4. The highest BCUT2D eigenvalue weighted by Crippen LogP contribution is 2.51. The van der Waals surface area contributed by atoms with E-state index in [9.17, 15) is 0 Å². The van der Waals surface area contributed by atoms with E-state index in [1.165, 1.54) is 12.8 Å². The van der Waals surface area contributed by atoms with Crippen molar-refractivity contribution in [2.45, 2.75) is 55.1 Å². The lowest BCUT2D eigenvalue weighted by Crippen LogP contribution is -2.28. The lowest BCUT2D eigenvalue weighted by Gasteiger charge is -2.30. The van der Waals surface area contributed by atoms with Crippen molar-refractivity contribution in [3.05, 3.63) is 0 Å². The van der Waals surface area contributed by atoms with Crippen molar-refractivity contribution < 1.29 is 9.47 Å². The van der Waals surface area contributed by atoms with Gasteiger partial charge in [0.2, 0.25) is 0 Å². The van der Waals surface area contributed by atoms with Crippen LogP contribution in [0.5, 0.6) is 0 Å². The second-order valence-corrected chi connectivity index (χ2v) is 8.93. The Labute approximate surface area is 107 Å². The van der Waals surface area contributed by atoms with Gasteiger partial charge in [-0.3, -0.25) is 0 Å². The first kappa shape index (κ1) is 13.1. The number of hydrogen-bond donors (Lipinski definition) is 0. The molecule has 0 aromatic carbocycles. The quantitative estimate of drug-likeness (QED) is 0.656. The summed E-state index contributed by atoms with van der Waals surface area (Å²) < 4.78 is 11.3. The molecule has 0 amide bonds. The van der Waals surface area contributed by atoms with Crippen molar-refractivity contribution in [3.8, 4) is 0 Å². The normalized spacial score (nSPS) is 40.5. The second kappa shape index (κ2) is 4.38. The lowest BCUT2D eigenvalue weighted by molar-refractivity contribution is 0.397. The molecule has 94 valence electrons. The van der Waals surface area contributed by atoms with Crippen LogP contribution in [-0.4, -0.2) is 33.6 Å². The molecule has 0 aliphatic carbocycles. The minimum Gasteiger partial charge on any atom is -0.358 e. The first-order valence-electron chi connectivity index (χ1n) is 6.01. The number of ether oxygens (including phenoxy) is 2. The van der Waals surface area contributed by atoms with Crippen molar-refractivity contribution >= 4 is 23.5 Å². The Morgan fingerprint density at radius 1 is 1.19 bits per heavy atom. The van der Waals surface area contributed by atoms with Gasteiger partial charge in [-0.1, -0.05) is 13.3 Å². The van der Waals surface area contributed by atoms with Crippen LogP contribution in [0.4, 0.5) is 0 Å². The van der Waals surface area contributed by atoms with Crippen LogP contribution in [0, 0.1) is 0 Å². The summed E-state index contributed by atoms with van der Waals surface area (Å²) >= 11 is 3.97. The molecule has 2 rings (SSSR count). The maximum absolute atomic E-state index is 5.51. The van der Waals surface area contributed by atoms with Crippen LogP contribution in [0.15, 0.2) is 0 Å². The smallest absolute Gasteiger partial charge is 0.134 e. The van der Waals surface area contributed by atoms with Crippen LogP contribution >= 0.6 is 23.5 Å². The Morgan fingerprint density at radius 3 is 2.19 bits per heavy atom. The zero-order valence-corrected chi connectivity index (χ0v) is 12.3. The molecule has 0 bridgehead atoms. The molecule has 3 unspecified atom stereocenters. The van der Waals surface area contributed by atoms with Gasteiger partial charge in [0.05, 0.1) is 13.2 Å². The van der Waals surface area contributed by atoms with E-state index >= 15 is 0 Å². The molecule has 0 aromatic rings. The Bertz CT molecular complexity index is 262. The van der Waals surface area contributed by atoms with E-state index in [4.69, 9.17) is 9.47 Å². The molecule has 2 aliphatic rings. The van der Waals surface area contributed by atoms with Crippen LogP contribution in [0.3, 0.4) is 0 Å². The Hall–Kier alpha value is 0.620. The van der Waals surface area contributed by atoms with Gasteiger partial charge in [0.1, 0.15) is 9.87 Å². The van der Waals surface area contributed by atoms with E-state index in [1.807, 2.05) is 23.5 Å². The molecule has 2 nitrogen and oxygen atoms in total. The van der Waals surface area contributed by atoms with Gasteiger partial charge in [0.15, 0.2) is 0 Å². The van der Waals surface area contributed by atoms with Crippen molar-refractivity contribution in [2.75, 3.05) is 19.0 Å². The first-order chi connectivity index (χ1) is 7.39. The molecule has 4 heteroatoms. The highest BCUT2D eigenvalue weighted by molar-refractivity contribution is 8.05. The average Bonchev–Trinajstić information content (AvgIpc) is 3.07. The van der Waals surface area contributed by atoms with Crippen LogP contribution in [0.25, 0.3) is 0 Å². The van der Waals surface area contributed by atoms with Crippen LogP contribution in [0.1, 0.15) is 40.5 Å². The molecule has 0 spiro atoms. The minimum atomic E-state index is 0.0930. The molecule has 0 saturated carbocycles. The molecule has 0 N–H and O–H groups in total. The topological polar surface area (TPSA) is 25.1 Å². The highest BCUT2D eigenvalue weighted by atomic mass is 32.2. The van der Waals surface area contributed by atoms with Crippen molar-refractivity contribution in [3.63, 3.8) is 0 Å². The standard InChI is InChI=1S/C12H22O2S2/c1-5-6-10(2,16-12(4)8-14-12)9-15-11(3)7-13-11/h5-9H2,1-4H3. The van der Waals surface area contributed by atoms with E-state index in [1.54, 1.807) is 0 Å². The van der Waals surface area contributed by atoms with Crippen LogP contribution in [0.2, 0.25) is 0 Å². The van der Waals surface area contributed by atoms with E-state index in [2.05, 4.69) is 27.7 Å². The SMILES string of the molecule is CCCC(C)(CSC1(C)CO1)SC1(C)CO1. The molecular formula is C12H22O2S2. The summed E-state index contributed by atoms with van der Waals surface area (Å²) in [6, 6.07) is 0. The first-order valence-corrected chi connectivity index (χ1v) is 7.81. The van der Waals surface area contributed by atoms with Crippen molar-refractivity contribution in [2.24, 2.45) is 0 Å². The molecule has 2 aliphatic heterocycles. The Balaban J connectivity index is 1.86. The second-order valence-electron chi connectivity index (χ2n) is 5.44. The third-order valence-electron chi connectivity index (χ3n) is 3.03. The third-order valence-corrected chi connectivity index (χ3v) is 6.34. The predicted octanol–water partition coefficient (Wildman–Crippen LogP) is 3.50. The largest absolute Gasteiger partial charge is 0.358 e. The summed E-state index contributed by atoms with van der Waals surface area (Å²) in [6.45, 7) is 10.8. The fourth-order valence-corrected chi connectivity index (χ4v) is 4.77. The predicted molar refractivity (Wildman–Crippen MR) is 72.1 cm³/mol. The molecule has 2 fully saturated rings. The monoisotopic (exact) mass is 262 g/mol. The van der Waals surface area contributed by atoms with E-state index in [0.29, 0.717) is 4.75 Å². The number of thioether (sulfide) groups is 2. The summed E-state index contributed by atoms with van der Waals surface area (Å²) in [7, 11) is 0. The van der Waals surface area contributed by atoms with Gasteiger partial charge in [-0.15, -0.1) is 23.5 Å². The number of rotatable bonds is 7. The number of epoxide rings is 2. The molecule has 2 heterocycles. The summed E-state index contributed by atoms with van der Waals surface area (Å²) in [6.07, 6.45) is 2.48. The minimum absolute atomic E-state index is 0.0930. The fraction of sp³-hybridized carbons (Fsp3) is 1.00. The highest BCUT2D eigenvalue weighted by Gasteiger charge is 2.48. The van der Waals surface area contributed by atoms with Gasteiger partial charge < -0.3 is 9.47 Å². The Morgan fingerprint density at radius 2 is 1.75 bits per heavy atom. The molecule has 0 radical (unpaired) electrons. The van der Waals surface area contributed by atoms with Gasteiger partial charge in [-0.05, 0) is 27.2 Å².